The molecule has 2 aliphatic rings. The molecule has 1 atom stereocenters. The monoisotopic (exact) mass is 435 g/mol. The van der Waals surface area contributed by atoms with Gasteiger partial charge in [0.15, 0.2) is 0 Å². The number of amides is 3. The van der Waals surface area contributed by atoms with E-state index in [9.17, 15) is 22.8 Å². The Balaban J connectivity index is 1.69. The van der Waals surface area contributed by atoms with Crippen LogP contribution in [0.3, 0.4) is 0 Å². The van der Waals surface area contributed by atoms with E-state index in [1.54, 1.807) is 30.5 Å². The number of anilines is 3. The van der Waals surface area contributed by atoms with E-state index < -0.39 is 24.7 Å². The molecule has 0 radical (unpaired) electrons. The number of carbonyl (C=O) groups is 2. The van der Waals surface area contributed by atoms with Gasteiger partial charge in [0.25, 0.3) is 5.91 Å². The summed E-state index contributed by atoms with van der Waals surface area (Å²) in [6.07, 6.45) is -2.29. The second kappa shape index (κ2) is 7.97. The third-order valence-corrected chi connectivity index (χ3v) is 5.24. The average molecular weight is 435 g/mol. The molecular formula is C20H20F3N5O3. The van der Waals surface area contributed by atoms with Crippen LogP contribution in [-0.2, 0) is 0 Å². The number of urea groups is 1. The number of fused-ring (bicyclic) bond motifs is 4. The summed E-state index contributed by atoms with van der Waals surface area (Å²) in [6.45, 7) is -0.163. The van der Waals surface area contributed by atoms with Crippen LogP contribution in [0.5, 0.6) is 5.75 Å². The molecule has 4 rings (SSSR count). The van der Waals surface area contributed by atoms with E-state index in [0.717, 1.165) is 0 Å². The minimum absolute atomic E-state index is 0.0800. The molecule has 0 spiro atoms. The van der Waals surface area contributed by atoms with E-state index in [0.29, 0.717) is 36.7 Å². The molecule has 164 valence electrons. The fraction of sp³-hybridized carbons (Fsp3) is 0.350. The van der Waals surface area contributed by atoms with Gasteiger partial charge in [-0.1, -0.05) is 6.07 Å². The second-order valence-electron chi connectivity index (χ2n) is 7.24. The van der Waals surface area contributed by atoms with E-state index in [1.807, 2.05) is 5.32 Å². The summed E-state index contributed by atoms with van der Waals surface area (Å²) in [5.41, 5.74) is 1.03. The molecule has 1 fully saturated rings. The van der Waals surface area contributed by atoms with Crippen molar-refractivity contribution in [1.82, 2.24) is 10.3 Å². The Morgan fingerprint density at radius 1 is 1.26 bits per heavy atom. The van der Waals surface area contributed by atoms with Crippen LogP contribution in [0.15, 0.2) is 36.5 Å². The van der Waals surface area contributed by atoms with Gasteiger partial charge in [0, 0.05) is 25.4 Å². The molecule has 1 aromatic heterocycles. The topological polar surface area (TPSA) is 86.8 Å². The van der Waals surface area contributed by atoms with Crippen molar-refractivity contribution in [2.75, 3.05) is 41.9 Å². The summed E-state index contributed by atoms with van der Waals surface area (Å²) in [6, 6.07) is 7.52. The van der Waals surface area contributed by atoms with E-state index >= 15 is 0 Å². The fourth-order valence-electron chi connectivity index (χ4n) is 3.88. The quantitative estimate of drug-likeness (QED) is 0.771. The highest BCUT2D eigenvalue weighted by Gasteiger charge is 2.40. The van der Waals surface area contributed by atoms with E-state index in [2.05, 4.69) is 15.2 Å². The lowest BCUT2D eigenvalue weighted by Gasteiger charge is -2.37. The highest BCUT2D eigenvalue weighted by Crippen LogP contribution is 2.44. The fourth-order valence-corrected chi connectivity index (χ4v) is 3.88. The molecule has 3 amide bonds. The second-order valence-corrected chi connectivity index (χ2v) is 7.24. The molecule has 1 saturated heterocycles. The lowest BCUT2D eigenvalue weighted by molar-refractivity contribution is -0.123. The molecule has 1 aromatic carbocycles. The Bertz CT molecular complexity index is 1000. The highest BCUT2D eigenvalue weighted by atomic mass is 19.4. The zero-order chi connectivity index (χ0) is 22.2. The number of rotatable bonds is 4. The molecule has 2 N–H and O–H groups in total. The first-order chi connectivity index (χ1) is 14.8. The van der Waals surface area contributed by atoms with Crippen LogP contribution >= 0.6 is 0 Å². The summed E-state index contributed by atoms with van der Waals surface area (Å²) in [5, 5.41) is 4.59. The van der Waals surface area contributed by atoms with Crippen molar-refractivity contribution in [1.29, 1.82) is 0 Å². The smallest absolute Gasteiger partial charge is 0.405 e. The standard InChI is InChI=1S/C20H20F3N5O3/c1-31-16-9-14-15(8-13(16)18(29)25-11-20(21,22)23)28(12-5-7-27(14)10-12)19(30)26-17-4-2-3-6-24-17/h2-4,6,8-9,12H,5,7,10-11H2,1H3,(H,25,29)(H,24,26,30)/t12-/m0/s1. The van der Waals surface area contributed by atoms with Crippen LogP contribution in [0.4, 0.5) is 35.2 Å². The number of ether oxygens (including phenoxy) is 1. The average Bonchev–Trinajstić information content (AvgIpc) is 3.16. The highest BCUT2D eigenvalue weighted by molar-refractivity contribution is 6.07. The van der Waals surface area contributed by atoms with Gasteiger partial charge in [0.2, 0.25) is 0 Å². The van der Waals surface area contributed by atoms with Gasteiger partial charge in [-0.15, -0.1) is 0 Å². The zero-order valence-corrected chi connectivity index (χ0v) is 16.6. The minimum atomic E-state index is -4.55. The van der Waals surface area contributed by atoms with Crippen LogP contribution in [-0.4, -0.2) is 55.9 Å². The predicted octanol–water partition coefficient (Wildman–Crippen LogP) is 3.01. The number of nitrogens with zero attached hydrogens (tertiary/aromatic N) is 3. The third-order valence-electron chi connectivity index (χ3n) is 5.24. The Kier molecular flexibility index (Phi) is 5.34. The predicted molar refractivity (Wildman–Crippen MR) is 108 cm³/mol. The number of pyridine rings is 1. The lowest BCUT2D eigenvalue weighted by atomic mass is 10.1. The Morgan fingerprint density at radius 2 is 2.06 bits per heavy atom. The minimum Gasteiger partial charge on any atom is -0.496 e. The summed E-state index contributed by atoms with van der Waals surface area (Å²) in [4.78, 5) is 33.2. The third kappa shape index (κ3) is 4.21. The van der Waals surface area contributed by atoms with Crippen molar-refractivity contribution in [3.63, 3.8) is 0 Å². The molecule has 0 saturated carbocycles. The SMILES string of the molecule is COc1cc2c(cc1C(=O)NCC(F)(F)F)N(C(=O)Nc1ccccn1)[C@H]1CCN2C1. The Hall–Kier alpha value is -3.50. The summed E-state index contributed by atoms with van der Waals surface area (Å²) in [7, 11) is 1.34. The molecule has 0 aliphatic carbocycles. The molecule has 0 unspecified atom stereocenters. The maximum absolute atomic E-state index is 13.1. The number of nitrogens with one attached hydrogen (secondary N) is 2. The Labute approximate surface area is 176 Å². The number of aromatic nitrogens is 1. The molecule has 8 nitrogen and oxygen atoms in total. The number of alkyl halides is 3. The molecule has 3 heterocycles. The van der Waals surface area contributed by atoms with Gasteiger partial charge in [-0.3, -0.25) is 15.0 Å². The van der Waals surface area contributed by atoms with Crippen LogP contribution < -0.4 is 25.2 Å². The van der Waals surface area contributed by atoms with Crippen molar-refractivity contribution < 1.29 is 27.5 Å². The number of benzene rings is 1. The molecule has 2 aromatic rings. The van der Waals surface area contributed by atoms with Gasteiger partial charge in [-0.2, -0.15) is 13.2 Å². The van der Waals surface area contributed by atoms with E-state index in [1.165, 1.54) is 18.1 Å². The van der Waals surface area contributed by atoms with Crippen molar-refractivity contribution in [3.8, 4) is 5.75 Å². The van der Waals surface area contributed by atoms with E-state index in [-0.39, 0.29) is 17.4 Å². The maximum Gasteiger partial charge on any atom is 0.405 e. The number of carbonyl (C=O) groups excluding carboxylic acids is 2. The summed E-state index contributed by atoms with van der Waals surface area (Å²) < 4.78 is 42.9. The van der Waals surface area contributed by atoms with Gasteiger partial charge < -0.3 is 15.0 Å². The molecular weight excluding hydrogens is 415 g/mol. The van der Waals surface area contributed by atoms with Crippen LogP contribution in [0.1, 0.15) is 16.8 Å². The van der Waals surface area contributed by atoms with Gasteiger partial charge in [0.05, 0.1) is 30.1 Å². The lowest BCUT2D eigenvalue weighted by Crippen LogP contribution is -2.48. The molecule has 11 heteroatoms. The van der Waals surface area contributed by atoms with E-state index in [4.69, 9.17) is 4.74 Å². The van der Waals surface area contributed by atoms with Gasteiger partial charge >= 0.3 is 12.2 Å². The van der Waals surface area contributed by atoms with Gasteiger partial charge in [-0.05, 0) is 24.6 Å². The van der Waals surface area contributed by atoms with Crippen LogP contribution in [0.25, 0.3) is 0 Å². The Morgan fingerprint density at radius 3 is 2.74 bits per heavy atom. The first kappa shape index (κ1) is 20.8. The molecule has 2 bridgehead atoms. The van der Waals surface area contributed by atoms with Gasteiger partial charge in [-0.25, -0.2) is 9.78 Å². The van der Waals surface area contributed by atoms with Crippen molar-refractivity contribution >= 4 is 29.1 Å². The van der Waals surface area contributed by atoms with Crippen LogP contribution in [0, 0.1) is 0 Å². The van der Waals surface area contributed by atoms with Crippen LogP contribution in [0.2, 0.25) is 0 Å². The number of hydrogen-bond donors (Lipinski definition) is 2. The number of halogens is 3. The first-order valence-corrected chi connectivity index (χ1v) is 9.60. The summed E-state index contributed by atoms with van der Waals surface area (Å²) in [5.74, 6) is -0.435. The number of methoxy groups -OCH3 is 1. The van der Waals surface area contributed by atoms with Crippen molar-refractivity contribution in [3.05, 3.63) is 42.1 Å². The molecule has 31 heavy (non-hydrogen) atoms. The first-order valence-electron chi connectivity index (χ1n) is 9.60. The summed E-state index contributed by atoms with van der Waals surface area (Å²) >= 11 is 0. The number of hydrogen-bond acceptors (Lipinski definition) is 5. The normalized spacial score (nSPS) is 17.2. The largest absolute Gasteiger partial charge is 0.496 e. The van der Waals surface area contributed by atoms with Gasteiger partial charge in [0.1, 0.15) is 18.1 Å². The molecule has 2 aliphatic heterocycles. The van der Waals surface area contributed by atoms with Crippen molar-refractivity contribution in [2.24, 2.45) is 0 Å². The van der Waals surface area contributed by atoms with Crippen molar-refractivity contribution in [2.45, 2.75) is 18.6 Å². The maximum atomic E-state index is 13.1. The zero-order valence-electron chi connectivity index (χ0n) is 16.6.